The van der Waals surface area contributed by atoms with Crippen LogP contribution in [0, 0.1) is 0 Å². The molecule has 0 fully saturated rings. The molecule has 0 saturated heterocycles. The fourth-order valence-corrected chi connectivity index (χ4v) is 2.39. The van der Waals surface area contributed by atoms with Crippen LogP contribution >= 0.6 is 0 Å². The summed E-state index contributed by atoms with van der Waals surface area (Å²) in [5.74, 6) is 1.02. The van der Waals surface area contributed by atoms with E-state index in [9.17, 15) is 0 Å². The zero-order chi connectivity index (χ0) is 13.2. The van der Waals surface area contributed by atoms with Gasteiger partial charge in [-0.1, -0.05) is 12.1 Å². The Labute approximate surface area is 113 Å². The van der Waals surface area contributed by atoms with E-state index in [-0.39, 0.29) is 0 Å². The third-order valence-electron chi connectivity index (χ3n) is 3.62. The Morgan fingerprint density at radius 2 is 1.84 bits per heavy atom. The molecule has 1 aliphatic heterocycles. The summed E-state index contributed by atoms with van der Waals surface area (Å²) in [6, 6.07) is 14.7. The van der Waals surface area contributed by atoms with Crippen molar-refractivity contribution in [2.24, 2.45) is 5.73 Å². The number of hydrogen-bond donors (Lipinski definition) is 1. The molecule has 0 aliphatic carbocycles. The van der Waals surface area contributed by atoms with Gasteiger partial charge >= 0.3 is 0 Å². The van der Waals surface area contributed by atoms with Gasteiger partial charge in [-0.15, -0.1) is 0 Å². The van der Waals surface area contributed by atoms with E-state index in [2.05, 4.69) is 54.4 Å². The highest BCUT2D eigenvalue weighted by Gasteiger charge is 2.13. The van der Waals surface area contributed by atoms with Gasteiger partial charge in [-0.25, -0.2) is 0 Å². The molecule has 2 N–H and O–H groups in total. The highest BCUT2D eigenvalue weighted by Crippen LogP contribution is 2.31. The maximum absolute atomic E-state index is 5.62. The van der Waals surface area contributed by atoms with Crippen LogP contribution in [0.2, 0.25) is 0 Å². The lowest BCUT2D eigenvalue weighted by Crippen LogP contribution is -2.09. The normalized spacial score (nSPS) is 12.9. The minimum atomic E-state index is 0.584. The van der Waals surface area contributed by atoms with Crippen molar-refractivity contribution in [2.75, 3.05) is 18.6 Å². The lowest BCUT2D eigenvalue weighted by Gasteiger charge is -2.20. The second-order valence-electron chi connectivity index (χ2n) is 4.82. The molecule has 3 rings (SSSR count). The third-order valence-corrected chi connectivity index (χ3v) is 3.62. The zero-order valence-electron chi connectivity index (χ0n) is 11.1. The lowest BCUT2D eigenvalue weighted by atomic mass is 10.1. The molecule has 0 radical (unpaired) electrons. The summed E-state index contributed by atoms with van der Waals surface area (Å²) in [7, 11) is 2.08. The molecule has 0 saturated carbocycles. The Bertz CT molecular complexity index is 578. The van der Waals surface area contributed by atoms with Crippen LogP contribution in [0.25, 0.3) is 0 Å². The first kappa shape index (κ1) is 12.1. The number of benzene rings is 2. The fourth-order valence-electron chi connectivity index (χ4n) is 2.39. The molecule has 0 amide bonds. The number of nitrogens with zero attached hydrogens (tertiary/aromatic N) is 1. The summed E-state index contributed by atoms with van der Waals surface area (Å²) in [5.41, 5.74) is 10.4. The highest BCUT2D eigenvalue weighted by atomic mass is 16.5. The van der Waals surface area contributed by atoms with Gasteiger partial charge < -0.3 is 15.4 Å². The van der Waals surface area contributed by atoms with Crippen molar-refractivity contribution in [2.45, 2.75) is 13.0 Å². The number of ether oxygens (including phenoxy) is 1. The first-order valence-electron chi connectivity index (χ1n) is 6.56. The van der Waals surface area contributed by atoms with Gasteiger partial charge in [0.15, 0.2) is 0 Å². The van der Waals surface area contributed by atoms with Gasteiger partial charge in [-0.2, -0.15) is 0 Å². The van der Waals surface area contributed by atoms with Gasteiger partial charge in [-0.05, 0) is 41.5 Å². The smallest absolute Gasteiger partial charge is 0.122 e. The second kappa shape index (κ2) is 4.94. The topological polar surface area (TPSA) is 38.5 Å². The predicted molar refractivity (Wildman–Crippen MR) is 78.0 cm³/mol. The van der Waals surface area contributed by atoms with E-state index in [1.54, 1.807) is 0 Å². The quantitative estimate of drug-likeness (QED) is 0.915. The Morgan fingerprint density at radius 1 is 1.11 bits per heavy atom. The van der Waals surface area contributed by atoms with E-state index < -0.39 is 0 Å². The van der Waals surface area contributed by atoms with Crippen LogP contribution in [-0.4, -0.2) is 13.7 Å². The minimum absolute atomic E-state index is 0.584. The molecule has 0 unspecified atom stereocenters. The molecule has 1 heterocycles. The molecule has 0 bridgehead atoms. The second-order valence-corrected chi connectivity index (χ2v) is 4.82. The zero-order valence-corrected chi connectivity index (χ0v) is 11.1. The number of anilines is 2. The molecule has 1 aliphatic rings. The molecule has 2 aromatic rings. The maximum Gasteiger partial charge on any atom is 0.122 e. The van der Waals surface area contributed by atoms with E-state index >= 15 is 0 Å². The molecule has 3 heteroatoms. The van der Waals surface area contributed by atoms with Crippen LogP contribution in [0.4, 0.5) is 11.4 Å². The molecule has 98 valence electrons. The van der Waals surface area contributed by atoms with Gasteiger partial charge in [0.1, 0.15) is 5.75 Å². The molecule has 3 nitrogen and oxygen atoms in total. The Morgan fingerprint density at radius 3 is 2.58 bits per heavy atom. The average Bonchev–Trinajstić information content (AvgIpc) is 2.94. The van der Waals surface area contributed by atoms with Crippen molar-refractivity contribution < 1.29 is 4.74 Å². The van der Waals surface area contributed by atoms with Gasteiger partial charge in [-0.3, -0.25) is 0 Å². The van der Waals surface area contributed by atoms with E-state index in [0.29, 0.717) is 6.54 Å². The van der Waals surface area contributed by atoms with Crippen molar-refractivity contribution in [1.82, 2.24) is 0 Å². The van der Waals surface area contributed by atoms with Crippen molar-refractivity contribution in [3.63, 3.8) is 0 Å². The summed E-state index contributed by atoms with van der Waals surface area (Å²) in [4.78, 5) is 2.18. The third kappa shape index (κ3) is 2.29. The van der Waals surface area contributed by atoms with Gasteiger partial charge in [0, 0.05) is 31.4 Å². The van der Waals surface area contributed by atoms with Gasteiger partial charge in [0.2, 0.25) is 0 Å². The van der Waals surface area contributed by atoms with Gasteiger partial charge in [0.25, 0.3) is 0 Å². The number of rotatable bonds is 3. The van der Waals surface area contributed by atoms with Gasteiger partial charge in [0.05, 0.1) is 6.61 Å². The monoisotopic (exact) mass is 254 g/mol. The largest absolute Gasteiger partial charge is 0.493 e. The molecule has 0 atom stereocenters. The highest BCUT2D eigenvalue weighted by molar-refractivity contribution is 5.65. The predicted octanol–water partition coefficient (Wildman–Crippen LogP) is 2.85. The number of hydrogen-bond acceptors (Lipinski definition) is 3. The first-order valence-corrected chi connectivity index (χ1v) is 6.56. The van der Waals surface area contributed by atoms with Crippen LogP contribution in [0.3, 0.4) is 0 Å². The molecule has 19 heavy (non-hydrogen) atoms. The SMILES string of the molecule is CN(c1ccc(CN)cc1)c1ccc2c(c1)CCO2. The summed E-state index contributed by atoms with van der Waals surface area (Å²) in [6.07, 6.45) is 1.00. The Hall–Kier alpha value is -2.00. The summed E-state index contributed by atoms with van der Waals surface area (Å²) >= 11 is 0. The van der Waals surface area contributed by atoms with Crippen molar-refractivity contribution in [3.05, 3.63) is 53.6 Å². The summed E-state index contributed by atoms with van der Waals surface area (Å²) < 4.78 is 5.54. The fraction of sp³-hybridized carbons (Fsp3) is 0.250. The lowest BCUT2D eigenvalue weighted by molar-refractivity contribution is 0.357. The molecular weight excluding hydrogens is 236 g/mol. The van der Waals surface area contributed by atoms with Crippen LogP contribution in [0.15, 0.2) is 42.5 Å². The van der Waals surface area contributed by atoms with Crippen LogP contribution < -0.4 is 15.4 Å². The molecular formula is C16H18N2O. The Balaban J connectivity index is 1.88. The Kier molecular flexibility index (Phi) is 3.13. The molecule has 0 aromatic heterocycles. The van der Waals surface area contributed by atoms with E-state index in [1.165, 1.54) is 11.3 Å². The van der Waals surface area contributed by atoms with E-state index in [1.807, 2.05) is 0 Å². The molecule has 0 spiro atoms. The van der Waals surface area contributed by atoms with Crippen LogP contribution in [-0.2, 0) is 13.0 Å². The summed E-state index contributed by atoms with van der Waals surface area (Å²) in [5, 5.41) is 0. The van der Waals surface area contributed by atoms with Crippen LogP contribution in [0.1, 0.15) is 11.1 Å². The minimum Gasteiger partial charge on any atom is -0.493 e. The van der Waals surface area contributed by atoms with Crippen molar-refractivity contribution in [3.8, 4) is 5.75 Å². The number of fused-ring (bicyclic) bond motifs is 1. The summed E-state index contributed by atoms with van der Waals surface area (Å²) in [6.45, 7) is 1.38. The van der Waals surface area contributed by atoms with E-state index in [4.69, 9.17) is 10.5 Å². The average molecular weight is 254 g/mol. The first-order chi connectivity index (χ1) is 9.28. The van der Waals surface area contributed by atoms with E-state index in [0.717, 1.165) is 30.0 Å². The van der Waals surface area contributed by atoms with Crippen molar-refractivity contribution in [1.29, 1.82) is 0 Å². The number of nitrogens with two attached hydrogens (primary N) is 1. The maximum atomic E-state index is 5.62. The molecule has 2 aromatic carbocycles. The standard InChI is InChI=1S/C16H18N2O/c1-18(14-4-2-12(11-17)3-5-14)15-6-7-16-13(10-15)8-9-19-16/h2-7,10H,8-9,11,17H2,1H3. The van der Waals surface area contributed by atoms with Crippen LogP contribution in [0.5, 0.6) is 5.75 Å². The van der Waals surface area contributed by atoms with Crippen molar-refractivity contribution >= 4 is 11.4 Å².